The summed E-state index contributed by atoms with van der Waals surface area (Å²) in [6.07, 6.45) is 6.51. The van der Waals surface area contributed by atoms with E-state index in [0.29, 0.717) is 16.6 Å². The number of hydrogen-bond acceptors (Lipinski definition) is 4. The van der Waals surface area contributed by atoms with Crippen LogP contribution in [0, 0.1) is 6.92 Å². The van der Waals surface area contributed by atoms with Crippen LogP contribution in [0.5, 0.6) is 0 Å². The van der Waals surface area contributed by atoms with Gasteiger partial charge in [0, 0.05) is 10.1 Å². The van der Waals surface area contributed by atoms with Crippen molar-refractivity contribution in [2.45, 2.75) is 48.8 Å². The average molecular weight is 345 g/mol. The Morgan fingerprint density at radius 2 is 2.17 bits per heavy atom. The van der Waals surface area contributed by atoms with Crippen molar-refractivity contribution in [2.24, 2.45) is 0 Å². The molecule has 1 unspecified atom stereocenters. The largest absolute Gasteiger partial charge is 0.467 e. The number of thioether (sulfide) groups is 1. The lowest BCUT2D eigenvalue weighted by molar-refractivity contribution is 0.0904. The summed E-state index contributed by atoms with van der Waals surface area (Å²) >= 11 is 1.80. The number of nitrogens with one attached hydrogen (secondary N) is 1. The van der Waals surface area contributed by atoms with Crippen LogP contribution in [0.1, 0.15) is 53.4 Å². The van der Waals surface area contributed by atoms with Crippen molar-refractivity contribution in [1.29, 1.82) is 0 Å². The van der Waals surface area contributed by atoms with Gasteiger partial charge in [-0.05, 0) is 44.0 Å². The van der Waals surface area contributed by atoms with Crippen molar-refractivity contribution >= 4 is 17.7 Å². The lowest BCUT2D eigenvalue weighted by Crippen LogP contribution is -2.31. The monoisotopic (exact) mass is 345 g/mol. The molecule has 1 saturated carbocycles. The molecule has 1 aliphatic rings. The lowest BCUT2D eigenvalue weighted by Gasteiger charge is -2.17. The minimum Gasteiger partial charge on any atom is -0.467 e. The fourth-order valence-corrected chi connectivity index (χ4v) is 4.40. The quantitative estimate of drug-likeness (QED) is 0.828. The van der Waals surface area contributed by atoms with E-state index in [2.05, 4.69) is 5.32 Å². The Bertz CT molecular complexity index is 678. The molecule has 1 fully saturated rings. The Morgan fingerprint density at radius 3 is 2.83 bits per heavy atom. The molecule has 5 heteroatoms. The molecular weight excluding hydrogens is 322 g/mol. The summed E-state index contributed by atoms with van der Waals surface area (Å²) in [7, 11) is 0. The summed E-state index contributed by atoms with van der Waals surface area (Å²) in [6, 6.07) is 8.97. The number of aliphatic hydroxyl groups excluding tert-OH is 1. The first kappa shape index (κ1) is 17.1. The number of aryl methyl sites for hydroxylation is 1. The first-order valence-electron chi connectivity index (χ1n) is 8.40. The second-order valence-electron chi connectivity index (χ2n) is 6.25. The summed E-state index contributed by atoms with van der Waals surface area (Å²) in [5, 5.41) is 13.0. The summed E-state index contributed by atoms with van der Waals surface area (Å²) in [6.45, 7) is 1.78. The van der Waals surface area contributed by atoms with E-state index in [9.17, 15) is 9.90 Å². The maximum absolute atomic E-state index is 12.8. The predicted octanol–water partition coefficient (Wildman–Crippen LogP) is 4.09. The number of carbonyl (C=O) groups excluding carboxylic acids is 1. The highest BCUT2D eigenvalue weighted by molar-refractivity contribution is 8.00. The van der Waals surface area contributed by atoms with Crippen LogP contribution in [0.4, 0.5) is 0 Å². The van der Waals surface area contributed by atoms with Gasteiger partial charge in [-0.1, -0.05) is 24.5 Å². The van der Waals surface area contributed by atoms with Crippen LogP contribution in [-0.4, -0.2) is 22.9 Å². The fourth-order valence-electron chi connectivity index (χ4n) is 3.04. The van der Waals surface area contributed by atoms with Gasteiger partial charge in [-0.25, -0.2) is 0 Å². The van der Waals surface area contributed by atoms with Crippen molar-refractivity contribution in [2.75, 3.05) is 6.61 Å². The molecule has 1 heterocycles. The molecule has 0 saturated heterocycles. The van der Waals surface area contributed by atoms with E-state index in [1.165, 1.54) is 31.9 Å². The standard InChI is InChI=1S/C19H23NO3S/c1-13-8-9-18(24-14-5-2-3-6-14)15(11-13)19(22)20-16(12-21)17-7-4-10-23-17/h4,7-11,14,16,21H,2-3,5-6,12H2,1H3,(H,20,22). The maximum Gasteiger partial charge on any atom is 0.253 e. The highest BCUT2D eigenvalue weighted by atomic mass is 32.2. The smallest absolute Gasteiger partial charge is 0.253 e. The molecule has 3 rings (SSSR count). The Hall–Kier alpha value is -1.72. The van der Waals surface area contributed by atoms with E-state index >= 15 is 0 Å². The molecule has 1 amide bonds. The first-order valence-corrected chi connectivity index (χ1v) is 9.28. The summed E-state index contributed by atoms with van der Waals surface area (Å²) in [5.74, 6) is 0.387. The fraction of sp³-hybridized carbons (Fsp3) is 0.421. The van der Waals surface area contributed by atoms with E-state index in [4.69, 9.17) is 4.42 Å². The Balaban J connectivity index is 1.78. The summed E-state index contributed by atoms with van der Waals surface area (Å²) in [5.41, 5.74) is 1.73. The van der Waals surface area contributed by atoms with E-state index < -0.39 is 6.04 Å². The first-order chi connectivity index (χ1) is 11.7. The number of aliphatic hydroxyl groups is 1. The van der Waals surface area contributed by atoms with Gasteiger partial charge in [0.15, 0.2) is 0 Å². The minimum absolute atomic E-state index is 0.172. The van der Waals surface area contributed by atoms with Crippen LogP contribution in [-0.2, 0) is 0 Å². The molecule has 2 N–H and O–H groups in total. The van der Waals surface area contributed by atoms with Crippen LogP contribution in [0.3, 0.4) is 0 Å². The van der Waals surface area contributed by atoms with Gasteiger partial charge in [0.25, 0.3) is 5.91 Å². The summed E-state index contributed by atoms with van der Waals surface area (Å²) < 4.78 is 5.30. The van der Waals surface area contributed by atoms with Crippen LogP contribution in [0.2, 0.25) is 0 Å². The molecule has 1 aromatic heterocycles. The zero-order valence-electron chi connectivity index (χ0n) is 13.8. The zero-order chi connectivity index (χ0) is 16.9. The molecular formula is C19H23NO3S. The van der Waals surface area contributed by atoms with Gasteiger partial charge in [-0.3, -0.25) is 4.79 Å². The average Bonchev–Trinajstić information content (AvgIpc) is 3.27. The van der Waals surface area contributed by atoms with Gasteiger partial charge in [-0.2, -0.15) is 0 Å². The van der Waals surface area contributed by atoms with Crippen LogP contribution in [0.15, 0.2) is 45.9 Å². The molecule has 1 aromatic carbocycles. The highest BCUT2D eigenvalue weighted by Crippen LogP contribution is 2.36. The predicted molar refractivity (Wildman–Crippen MR) is 95.3 cm³/mol. The van der Waals surface area contributed by atoms with Crippen molar-refractivity contribution in [3.05, 3.63) is 53.5 Å². The Kier molecular flexibility index (Phi) is 5.63. The number of rotatable bonds is 6. The van der Waals surface area contributed by atoms with E-state index in [1.54, 1.807) is 23.9 Å². The van der Waals surface area contributed by atoms with Crippen molar-refractivity contribution in [1.82, 2.24) is 5.32 Å². The third kappa shape index (κ3) is 4.02. The van der Waals surface area contributed by atoms with E-state index in [1.807, 2.05) is 25.1 Å². The van der Waals surface area contributed by atoms with Gasteiger partial charge in [0.05, 0.1) is 18.4 Å². The van der Waals surface area contributed by atoms with Crippen LogP contribution >= 0.6 is 11.8 Å². The van der Waals surface area contributed by atoms with Gasteiger partial charge in [0.2, 0.25) is 0 Å². The SMILES string of the molecule is Cc1ccc(SC2CCCC2)c(C(=O)NC(CO)c2ccco2)c1. The molecule has 0 aliphatic heterocycles. The molecule has 0 bridgehead atoms. The van der Waals surface area contributed by atoms with Gasteiger partial charge < -0.3 is 14.8 Å². The number of amides is 1. The maximum atomic E-state index is 12.8. The van der Waals surface area contributed by atoms with Gasteiger partial charge in [-0.15, -0.1) is 11.8 Å². The molecule has 0 spiro atoms. The van der Waals surface area contributed by atoms with Crippen LogP contribution < -0.4 is 5.32 Å². The van der Waals surface area contributed by atoms with Gasteiger partial charge in [0.1, 0.15) is 11.8 Å². The van der Waals surface area contributed by atoms with Crippen molar-refractivity contribution in [3.63, 3.8) is 0 Å². The Morgan fingerprint density at radius 1 is 1.38 bits per heavy atom. The number of benzene rings is 1. The number of hydrogen-bond donors (Lipinski definition) is 2. The van der Waals surface area contributed by atoms with Crippen molar-refractivity contribution < 1.29 is 14.3 Å². The minimum atomic E-state index is -0.530. The molecule has 2 aromatic rings. The normalized spacial score (nSPS) is 16.2. The highest BCUT2D eigenvalue weighted by Gasteiger charge is 2.22. The van der Waals surface area contributed by atoms with Crippen molar-refractivity contribution in [3.8, 4) is 0 Å². The molecule has 0 radical (unpaired) electrons. The van der Waals surface area contributed by atoms with E-state index in [-0.39, 0.29) is 12.5 Å². The third-order valence-corrected chi connectivity index (χ3v) is 5.76. The summed E-state index contributed by atoms with van der Waals surface area (Å²) in [4.78, 5) is 13.8. The number of carbonyl (C=O) groups is 1. The van der Waals surface area contributed by atoms with E-state index in [0.717, 1.165) is 10.5 Å². The number of furan rings is 1. The topological polar surface area (TPSA) is 62.5 Å². The molecule has 128 valence electrons. The van der Waals surface area contributed by atoms with Gasteiger partial charge >= 0.3 is 0 Å². The third-order valence-electron chi connectivity index (χ3n) is 4.35. The molecule has 1 aliphatic carbocycles. The second-order valence-corrected chi connectivity index (χ2v) is 7.59. The lowest BCUT2D eigenvalue weighted by atomic mass is 10.1. The molecule has 24 heavy (non-hydrogen) atoms. The molecule has 4 nitrogen and oxygen atoms in total. The zero-order valence-corrected chi connectivity index (χ0v) is 14.6. The van der Waals surface area contributed by atoms with Crippen LogP contribution in [0.25, 0.3) is 0 Å². The Labute approximate surface area is 146 Å². The second kappa shape index (κ2) is 7.90. The molecule has 1 atom stereocenters.